The summed E-state index contributed by atoms with van der Waals surface area (Å²) in [5, 5.41) is 25.8. The fraction of sp³-hybridized carbons (Fsp3) is 0. The number of hydrogen-bond acceptors (Lipinski definition) is 4. The number of non-ortho nitro benzene ring substituents is 1. The zero-order chi connectivity index (χ0) is 21.3. The van der Waals surface area contributed by atoms with Gasteiger partial charge in [0.05, 0.1) is 16.3 Å². The second-order valence-corrected chi connectivity index (χ2v) is 7.35. The summed E-state index contributed by atoms with van der Waals surface area (Å²) in [4.78, 5) is 23.0. The number of halogens is 1. The first-order valence-electron chi connectivity index (χ1n) is 8.88. The zero-order valence-electron chi connectivity index (χ0n) is 15.4. The number of carboxylic acids is 1. The molecule has 0 aliphatic rings. The van der Waals surface area contributed by atoms with E-state index in [0.29, 0.717) is 22.5 Å². The highest BCUT2D eigenvalue weighted by molar-refractivity contribution is 9.10. The number of carbonyl (C=O) groups is 1. The second kappa shape index (κ2) is 7.92. The standard InChI is InChI=1S/C22H14BrN3O4/c23-16-9-11-17(12-10-16)25-21(14-5-2-1-3-6-14)19(22(27)28)20(24-25)15-7-4-8-18(13-15)26(29)30/h1-13H,(H,27,28). The zero-order valence-corrected chi connectivity index (χ0v) is 17.0. The lowest BCUT2D eigenvalue weighted by molar-refractivity contribution is -0.384. The van der Waals surface area contributed by atoms with Gasteiger partial charge in [-0.05, 0) is 24.3 Å². The van der Waals surface area contributed by atoms with Crippen molar-refractivity contribution in [1.82, 2.24) is 9.78 Å². The maximum atomic E-state index is 12.3. The van der Waals surface area contributed by atoms with E-state index in [1.54, 1.807) is 22.9 Å². The molecule has 30 heavy (non-hydrogen) atoms. The van der Waals surface area contributed by atoms with Crippen LogP contribution in [0.25, 0.3) is 28.2 Å². The van der Waals surface area contributed by atoms with Crippen molar-refractivity contribution in [3.8, 4) is 28.2 Å². The molecule has 8 heteroatoms. The lowest BCUT2D eigenvalue weighted by atomic mass is 10.0. The Morgan fingerprint density at radius 3 is 2.27 bits per heavy atom. The van der Waals surface area contributed by atoms with Crippen LogP contribution in [0, 0.1) is 10.1 Å². The van der Waals surface area contributed by atoms with Crippen LogP contribution in [0.3, 0.4) is 0 Å². The molecule has 0 saturated heterocycles. The molecule has 3 aromatic carbocycles. The van der Waals surface area contributed by atoms with E-state index >= 15 is 0 Å². The Hall–Kier alpha value is -3.78. The Balaban J connectivity index is 2.05. The van der Waals surface area contributed by atoms with E-state index in [2.05, 4.69) is 21.0 Å². The fourth-order valence-corrected chi connectivity index (χ4v) is 3.49. The summed E-state index contributed by atoms with van der Waals surface area (Å²) < 4.78 is 2.43. The third kappa shape index (κ3) is 3.60. The Bertz CT molecular complexity index is 1250. The van der Waals surface area contributed by atoms with E-state index in [1.807, 2.05) is 42.5 Å². The highest BCUT2D eigenvalue weighted by Gasteiger charge is 2.27. The summed E-state index contributed by atoms with van der Waals surface area (Å²) >= 11 is 3.39. The van der Waals surface area contributed by atoms with Gasteiger partial charge in [0, 0.05) is 27.7 Å². The molecule has 0 fully saturated rings. The number of carboxylic acid groups (broad SMARTS) is 1. The van der Waals surface area contributed by atoms with Crippen molar-refractivity contribution in [3.05, 3.63) is 99.0 Å². The Kier molecular flexibility index (Phi) is 5.16. The molecule has 0 spiro atoms. The van der Waals surface area contributed by atoms with Crippen LogP contribution in [0.4, 0.5) is 5.69 Å². The normalized spacial score (nSPS) is 10.7. The maximum Gasteiger partial charge on any atom is 0.340 e. The van der Waals surface area contributed by atoms with Crippen molar-refractivity contribution in [2.24, 2.45) is 0 Å². The largest absolute Gasteiger partial charge is 0.478 e. The van der Waals surface area contributed by atoms with E-state index in [1.165, 1.54) is 18.2 Å². The third-order valence-corrected chi connectivity index (χ3v) is 5.08. The van der Waals surface area contributed by atoms with E-state index in [-0.39, 0.29) is 16.9 Å². The predicted molar refractivity (Wildman–Crippen MR) is 116 cm³/mol. The smallest absolute Gasteiger partial charge is 0.340 e. The van der Waals surface area contributed by atoms with Gasteiger partial charge in [0.25, 0.3) is 5.69 Å². The van der Waals surface area contributed by atoms with E-state index in [4.69, 9.17) is 0 Å². The second-order valence-electron chi connectivity index (χ2n) is 6.44. The van der Waals surface area contributed by atoms with E-state index in [0.717, 1.165) is 4.47 Å². The topological polar surface area (TPSA) is 98.3 Å². The number of aromatic carboxylic acids is 1. The third-order valence-electron chi connectivity index (χ3n) is 4.55. The van der Waals surface area contributed by atoms with Crippen molar-refractivity contribution in [2.75, 3.05) is 0 Å². The predicted octanol–water partition coefficient (Wildman–Crippen LogP) is 5.58. The number of benzene rings is 3. The quantitative estimate of drug-likeness (QED) is 0.307. The van der Waals surface area contributed by atoms with Crippen LogP contribution in [0.1, 0.15) is 10.4 Å². The molecule has 4 aromatic rings. The summed E-state index contributed by atoms with van der Waals surface area (Å²) in [6.07, 6.45) is 0. The first kappa shape index (κ1) is 19.5. The fourth-order valence-electron chi connectivity index (χ4n) is 3.22. The molecule has 1 heterocycles. The van der Waals surface area contributed by atoms with Crippen LogP contribution in [-0.4, -0.2) is 25.8 Å². The number of nitro groups is 1. The monoisotopic (exact) mass is 463 g/mol. The highest BCUT2D eigenvalue weighted by atomic mass is 79.9. The van der Waals surface area contributed by atoms with Gasteiger partial charge in [-0.1, -0.05) is 58.4 Å². The van der Waals surface area contributed by atoms with Gasteiger partial charge in [-0.15, -0.1) is 0 Å². The van der Waals surface area contributed by atoms with Crippen LogP contribution in [0.15, 0.2) is 83.3 Å². The maximum absolute atomic E-state index is 12.3. The summed E-state index contributed by atoms with van der Waals surface area (Å²) in [5.41, 5.74) is 2.08. The molecule has 0 aliphatic carbocycles. The van der Waals surface area contributed by atoms with Gasteiger partial charge in [0.2, 0.25) is 0 Å². The minimum atomic E-state index is -1.17. The van der Waals surface area contributed by atoms with Gasteiger partial charge in [0.1, 0.15) is 11.3 Å². The molecule has 4 rings (SSSR count). The first-order chi connectivity index (χ1) is 14.5. The molecule has 0 radical (unpaired) electrons. The van der Waals surface area contributed by atoms with Crippen molar-refractivity contribution < 1.29 is 14.8 Å². The summed E-state index contributed by atoms with van der Waals surface area (Å²) in [6, 6.07) is 22.2. The number of hydrogen-bond donors (Lipinski definition) is 1. The number of rotatable bonds is 5. The summed E-state index contributed by atoms with van der Waals surface area (Å²) in [6.45, 7) is 0. The molecule has 0 bridgehead atoms. The van der Waals surface area contributed by atoms with Gasteiger partial charge in [0.15, 0.2) is 0 Å². The Morgan fingerprint density at radius 2 is 1.63 bits per heavy atom. The van der Waals surface area contributed by atoms with Crippen LogP contribution in [0.5, 0.6) is 0 Å². The average Bonchev–Trinajstić information content (AvgIpc) is 3.16. The molecule has 148 valence electrons. The van der Waals surface area contributed by atoms with E-state index in [9.17, 15) is 20.0 Å². The molecular formula is C22H14BrN3O4. The molecule has 0 amide bonds. The molecular weight excluding hydrogens is 450 g/mol. The molecule has 1 aromatic heterocycles. The molecule has 0 unspecified atom stereocenters. The van der Waals surface area contributed by atoms with Gasteiger partial charge in [-0.3, -0.25) is 10.1 Å². The van der Waals surface area contributed by atoms with Gasteiger partial charge in [-0.25, -0.2) is 9.48 Å². The Labute approximate surface area is 179 Å². The molecule has 7 nitrogen and oxygen atoms in total. The SMILES string of the molecule is O=C(O)c1c(-c2cccc([N+](=O)[O-])c2)nn(-c2ccc(Br)cc2)c1-c1ccccc1. The lowest BCUT2D eigenvalue weighted by Gasteiger charge is -2.09. The summed E-state index contributed by atoms with van der Waals surface area (Å²) in [5.74, 6) is -1.17. The number of nitrogens with zero attached hydrogens (tertiary/aromatic N) is 3. The minimum absolute atomic E-state index is 0.0235. The van der Waals surface area contributed by atoms with Gasteiger partial charge in [-0.2, -0.15) is 5.10 Å². The molecule has 0 atom stereocenters. The highest BCUT2D eigenvalue weighted by Crippen LogP contribution is 2.35. The van der Waals surface area contributed by atoms with Crippen molar-refractivity contribution in [2.45, 2.75) is 0 Å². The first-order valence-corrected chi connectivity index (χ1v) is 9.67. The van der Waals surface area contributed by atoms with Crippen LogP contribution >= 0.6 is 15.9 Å². The molecule has 1 N–H and O–H groups in total. The average molecular weight is 464 g/mol. The van der Waals surface area contributed by atoms with Crippen molar-refractivity contribution in [3.63, 3.8) is 0 Å². The number of nitro benzene ring substituents is 1. The lowest BCUT2D eigenvalue weighted by Crippen LogP contribution is -2.03. The number of aromatic nitrogens is 2. The van der Waals surface area contributed by atoms with Crippen molar-refractivity contribution >= 4 is 27.6 Å². The van der Waals surface area contributed by atoms with E-state index < -0.39 is 10.9 Å². The van der Waals surface area contributed by atoms with Crippen LogP contribution in [-0.2, 0) is 0 Å². The minimum Gasteiger partial charge on any atom is -0.478 e. The molecule has 0 aliphatic heterocycles. The van der Waals surface area contributed by atoms with Crippen molar-refractivity contribution in [1.29, 1.82) is 0 Å². The summed E-state index contributed by atoms with van der Waals surface area (Å²) in [7, 11) is 0. The Morgan fingerprint density at radius 1 is 0.967 bits per heavy atom. The van der Waals surface area contributed by atoms with Crippen LogP contribution in [0.2, 0.25) is 0 Å². The van der Waals surface area contributed by atoms with Gasteiger partial charge < -0.3 is 5.11 Å². The van der Waals surface area contributed by atoms with Gasteiger partial charge >= 0.3 is 5.97 Å². The molecule has 0 saturated carbocycles. The van der Waals surface area contributed by atoms with Crippen LogP contribution < -0.4 is 0 Å².